The Hall–Kier alpha value is -2.21. The highest BCUT2D eigenvalue weighted by Gasteiger charge is 2.29. The number of hydrogen-bond donors (Lipinski definition) is 1. The minimum atomic E-state index is -2.95. The van der Waals surface area contributed by atoms with E-state index in [2.05, 4.69) is 10.5 Å². The summed E-state index contributed by atoms with van der Waals surface area (Å²) in [7, 11) is -2.95. The van der Waals surface area contributed by atoms with Crippen LogP contribution in [0.4, 0.5) is 0 Å². The molecule has 6 heteroatoms. The summed E-state index contributed by atoms with van der Waals surface area (Å²) in [6.45, 7) is 1.84. The standard InChI is InChI=1S/C18H20N2O3S/c1-13(16-7-6-15-4-2-3-5-17(15)11-16)19-20-18(21)10-14-8-9-24(22,23)12-14/h2-7,11,14H,8-10,12H2,1H3,(H,20,21)/b19-13-/t14-/m1/s1. The van der Waals surface area contributed by atoms with Crippen molar-refractivity contribution in [2.45, 2.75) is 19.8 Å². The fraction of sp³-hybridized carbons (Fsp3) is 0.333. The Morgan fingerprint density at radius 3 is 2.67 bits per heavy atom. The number of fused-ring (bicyclic) bond motifs is 1. The Morgan fingerprint density at radius 1 is 1.21 bits per heavy atom. The van der Waals surface area contributed by atoms with Gasteiger partial charge in [-0.2, -0.15) is 5.10 Å². The summed E-state index contributed by atoms with van der Waals surface area (Å²) in [5.74, 6) is -0.0404. The number of amides is 1. The van der Waals surface area contributed by atoms with E-state index in [1.165, 1.54) is 0 Å². The van der Waals surface area contributed by atoms with Crippen molar-refractivity contribution in [3.8, 4) is 0 Å². The van der Waals surface area contributed by atoms with Gasteiger partial charge in [0.2, 0.25) is 5.91 Å². The van der Waals surface area contributed by atoms with Crippen molar-refractivity contribution in [2.75, 3.05) is 11.5 Å². The number of nitrogens with zero attached hydrogens (tertiary/aromatic N) is 1. The molecule has 0 unspecified atom stereocenters. The molecule has 1 heterocycles. The predicted molar refractivity (Wildman–Crippen MR) is 95.7 cm³/mol. The van der Waals surface area contributed by atoms with Crippen molar-refractivity contribution in [2.24, 2.45) is 11.0 Å². The molecule has 126 valence electrons. The summed E-state index contributed by atoms with van der Waals surface area (Å²) in [5, 5.41) is 6.42. The maximum absolute atomic E-state index is 11.9. The van der Waals surface area contributed by atoms with E-state index in [1.807, 2.05) is 49.4 Å². The molecule has 5 nitrogen and oxygen atoms in total. The van der Waals surface area contributed by atoms with Crippen LogP contribution in [0.2, 0.25) is 0 Å². The molecule has 1 atom stereocenters. The molecule has 0 bridgehead atoms. The zero-order valence-corrected chi connectivity index (χ0v) is 14.3. The molecule has 24 heavy (non-hydrogen) atoms. The van der Waals surface area contributed by atoms with Crippen molar-refractivity contribution in [1.29, 1.82) is 0 Å². The second kappa shape index (κ2) is 6.73. The number of nitrogens with one attached hydrogen (secondary N) is 1. The van der Waals surface area contributed by atoms with E-state index in [4.69, 9.17) is 0 Å². The molecular formula is C18H20N2O3S. The van der Waals surface area contributed by atoms with E-state index in [9.17, 15) is 13.2 Å². The summed E-state index contributed by atoms with van der Waals surface area (Å²) in [6, 6.07) is 14.1. The van der Waals surface area contributed by atoms with Gasteiger partial charge in [0.1, 0.15) is 0 Å². The van der Waals surface area contributed by atoms with Crippen LogP contribution in [0.15, 0.2) is 47.6 Å². The van der Waals surface area contributed by atoms with E-state index in [0.29, 0.717) is 12.1 Å². The second-order valence-corrected chi connectivity index (χ2v) is 8.50. The Kier molecular flexibility index (Phi) is 4.66. The third-order valence-electron chi connectivity index (χ3n) is 4.32. The van der Waals surface area contributed by atoms with Crippen LogP contribution in [-0.4, -0.2) is 31.5 Å². The summed E-state index contributed by atoms with van der Waals surface area (Å²) < 4.78 is 22.8. The molecule has 2 aromatic carbocycles. The van der Waals surface area contributed by atoms with Crippen LogP contribution < -0.4 is 5.43 Å². The van der Waals surface area contributed by atoms with Gasteiger partial charge in [-0.25, -0.2) is 13.8 Å². The van der Waals surface area contributed by atoms with Crippen molar-refractivity contribution >= 4 is 32.2 Å². The van der Waals surface area contributed by atoms with Gasteiger partial charge in [-0.15, -0.1) is 0 Å². The molecule has 1 fully saturated rings. The third-order valence-corrected chi connectivity index (χ3v) is 6.15. The maximum atomic E-state index is 11.9. The first-order chi connectivity index (χ1) is 11.4. The number of rotatable bonds is 4. The Balaban J connectivity index is 1.63. The Labute approximate surface area is 141 Å². The highest BCUT2D eigenvalue weighted by atomic mass is 32.2. The number of hydrogen-bond acceptors (Lipinski definition) is 4. The van der Waals surface area contributed by atoms with Crippen LogP contribution >= 0.6 is 0 Å². The normalized spacial score (nSPS) is 20.2. The highest BCUT2D eigenvalue weighted by Crippen LogP contribution is 2.21. The zero-order valence-electron chi connectivity index (χ0n) is 13.5. The van der Waals surface area contributed by atoms with Crippen LogP contribution in [0.3, 0.4) is 0 Å². The molecule has 0 aliphatic carbocycles. The maximum Gasteiger partial charge on any atom is 0.240 e. The predicted octanol–water partition coefficient (Wildman–Crippen LogP) is 2.50. The number of carbonyl (C=O) groups excluding carboxylic acids is 1. The molecule has 0 aromatic heterocycles. The third kappa shape index (κ3) is 4.00. The highest BCUT2D eigenvalue weighted by molar-refractivity contribution is 7.91. The molecule has 1 amide bonds. The molecule has 1 saturated heterocycles. The number of sulfone groups is 1. The van der Waals surface area contributed by atoms with Gasteiger partial charge in [-0.05, 0) is 41.7 Å². The van der Waals surface area contributed by atoms with E-state index < -0.39 is 9.84 Å². The average molecular weight is 344 g/mol. The quantitative estimate of drug-likeness (QED) is 0.684. The number of hydrazone groups is 1. The van der Waals surface area contributed by atoms with Gasteiger partial charge in [0.25, 0.3) is 0 Å². The van der Waals surface area contributed by atoms with E-state index in [-0.39, 0.29) is 29.8 Å². The van der Waals surface area contributed by atoms with E-state index >= 15 is 0 Å². The summed E-state index contributed by atoms with van der Waals surface area (Å²) in [5.41, 5.74) is 4.20. The molecule has 0 spiro atoms. The van der Waals surface area contributed by atoms with Crippen molar-refractivity contribution in [3.63, 3.8) is 0 Å². The van der Waals surface area contributed by atoms with Crippen LogP contribution in [0, 0.1) is 5.92 Å². The number of carbonyl (C=O) groups is 1. The molecule has 2 aromatic rings. The van der Waals surface area contributed by atoms with Crippen molar-refractivity contribution < 1.29 is 13.2 Å². The second-order valence-electron chi connectivity index (χ2n) is 6.27. The van der Waals surface area contributed by atoms with Gasteiger partial charge < -0.3 is 0 Å². The number of benzene rings is 2. The van der Waals surface area contributed by atoms with Gasteiger partial charge in [0.15, 0.2) is 9.84 Å². The average Bonchev–Trinajstić information content (AvgIpc) is 2.90. The van der Waals surface area contributed by atoms with Crippen LogP contribution in [0.5, 0.6) is 0 Å². The lowest BCUT2D eigenvalue weighted by Gasteiger charge is -2.07. The largest absolute Gasteiger partial charge is 0.273 e. The lowest BCUT2D eigenvalue weighted by atomic mass is 10.0. The minimum absolute atomic E-state index is 0.0915. The Bertz CT molecular complexity index is 903. The minimum Gasteiger partial charge on any atom is -0.273 e. The molecule has 1 N–H and O–H groups in total. The molecule has 0 saturated carbocycles. The summed E-state index contributed by atoms with van der Waals surface area (Å²) in [6.07, 6.45) is 0.761. The van der Waals surface area contributed by atoms with Crippen LogP contribution in [0.25, 0.3) is 10.8 Å². The summed E-state index contributed by atoms with van der Waals surface area (Å²) in [4.78, 5) is 11.9. The van der Waals surface area contributed by atoms with Crippen LogP contribution in [-0.2, 0) is 14.6 Å². The van der Waals surface area contributed by atoms with Gasteiger partial charge >= 0.3 is 0 Å². The zero-order chi connectivity index (χ0) is 17.2. The Morgan fingerprint density at radius 2 is 1.96 bits per heavy atom. The summed E-state index contributed by atoms with van der Waals surface area (Å²) >= 11 is 0. The molecule has 3 rings (SSSR count). The fourth-order valence-electron chi connectivity index (χ4n) is 2.97. The lowest BCUT2D eigenvalue weighted by molar-refractivity contribution is -0.121. The van der Waals surface area contributed by atoms with E-state index in [0.717, 1.165) is 16.3 Å². The van der Waals surface area contributed by atoms with Crippen molar-refractivity contribution in [3.05, 3.63) is 48.0 Å². The smallest absolute Gasteiger partial charge is 0.240 e. The SMILES string of the molecule is C/C(=N/NC(=O)C[C@H]1CCS(=O)(=O)C1)c1ccc2ccccc2c1. The molecule has 0 radical (unpaired) electrons. The fourth-order valence-corrected chi connectivity index (χ4v) is 4.83. The van der Waals surface area contributed by atoms with Gasteiger partial charge in [-0.3, -0.25) is 4.79 Å². The monoisotopic (exact) mass is 344 g/mol. The first kappa shape index (κ1) is 16.6. The van der Waals surface area contributed by atoms with Gasteiger partial charge in [-0.1, -0.05) is 36.4 Å². The molecule has 1 aliphatic rings. The first-order valence-electron chi connectivity index (χ1n) is 7.96. The van der Waals surface area contributed by atoms with Gasteiger partial charge in [0.05, 0.1) is 17.2 Å². The topological polar surface area (TPSA) is 75.6 Å². The first-order valence-corrected chi connectivity index (χ1v) is 9.78. The van der Waals surface area contributed by atoms with Crippen LogP contribution in [0.1, 0.15) is 25.3 Å². The molecular weight excluding hydrogens is 324 g/mol. The van der Waals surface area contributed by atoms with Crippen molar-refractivity contribution in [1.82, 2.24) is 5.43 Å². The lowest BCUT2D eigenvalue weighted by Crippen LogP contribution is -2.22. The molecule has 1 aliphatic heterocycles. The van der Waals surface area contributed by atoms with Gasteiger partial charge in [0, 0.05) is 6.42 Å². The van der Waals surface area contributed by atoms with E-state index in [1.54, 1.807) is 0 Å².